The third kappa shape index (κ3) is 3.61. The summed E-state index contributed by atoms with van der Waals surface area (Å²) in [5.41, 5.74) is -1.06. The van der Waals surface area contributed by atoms with Crippen LogP contribution < -0.4 is 5.32 Å². The molecule has 1 aliphatic rings. The largest absolute Gasteiger partial charge is 0.444 e. The molecule has 4 nitrogen and oxygen atoms in total. The van der Waals surface area contributed by atoms with Gasteiger partial charge in [0.1, 0.15) is 11.1 Å². The molecular formula is C17H22ClNO3. The van der Waals surface area contributed by atoms with Crippen LogP contribution in [0.3, 0.4) is 0 Å². The number of hydrogen-bond acceptors (Lipinski definition) is 3. The average Bonchev–Trinajstić information content (AvgIpc) is 2.40. The van der Waals surface area contributed by atoms with Gasteiger partial charge in [0, 0.05) is 17.0 Å². The van der Waals surface area contributed by atoms with Gasteiger partial charge in [-0.3, -0.25) is 4.79 Å². The van der Waals surface area contributed by atoms with E-state index in [4.69, 9.17) is 16.3 Å². The van der Waals surface area contributed by atoms with Crippen LogP contribution in [-0.2, 0) is 15.1 Å². The number of nitrogens with one attached hydrogen (secondary N) is 1. The molecule has 1 aromatic carbocycles. The van der Waals surface area contributed by atoms with E-state index in [-0.39, 0.29) is 5.78 Å². The third-order valence-corrected chi connectivity index (χ3v) is 4.06. The van der Waals surface area contributed by atoms with Gasteiger partial charge < -0.3 is 10.1 Å². The molecule has 0 saturated heterocycles. The van der Waals surface area contributed by atoms with Crippen molar-refractivity contribution in [1.82, 2.24) is 5.32 Å². The standard InChI is InChI=1S/C17H22ClNO3/c1-16(2,3)22-15(21)19-17(11-7-6-10-14(17)20)12-8-4-5-9-13(12)18/h4-5,8-9H,6-7,10-11H2,1-3H3,(H,19,21)/t17-/m1/s1. The predicted molar refractivity (Wildman–Crippen MR) is 86.0 cm³/mol. The molecule has 0 aromatic heterocycles. The smallest absolute Gasteiger partial charge is 0.408 e. The van der Waals surface area contributed by atoms with Crippen LogP contribution in [0.5, 0.6) is 0 Å². The lowest BCUT2D eigenvalue weighted by Crippen LogP contribution is -2.54. The Bertz CT molecular complexity index is 580. The molecule has 0 aliphatic heterocycles. The quantitative estimate of drug-likeness (QED) is 0.887. The van der Waals surface area contributed by atoms with Gasteiger partial charge in [0.25, 0.3) is 0 Å². The van der Waals surface area contributed by atoms with Crippen LogP contribution in [0.4, 0.5) is 4.79 Å². The van der Waals surface area contributed by atoms with Gasteiger partial charge in [-0.15, -0.1) is 0 Å². The zero-order valence-electron chi connectivity index (χ0n) is 13.2. The minimum atomic E-state index is -1.08. The van der Waals surface area contributed by atoms with Crippen molar-refractivity contribution in [2.24, 2.45) is 0 Å². The van der Waals surface area contributed by atoms with Crippen LogP contribution in [0.25, 0.3) is 0 Å². The molecule has 1 aromatic rings. The summed E-state index contributed by atoms with van der Waals surface area (Å²) < 4.78 is 5.33. The summed E-state index contributed by atoms with van der Waals surface area (Å²) in [5.74, 6) is -0.0160. The van der Waals surface area contributed by atoms with E-state index in [1.54, 1.807) is 39.0 Å². The molecule has 0 radical (unpaired) electrons. The SMILES string of the molecule is CC(C)(C)OC(=O)N[C@@]1(c2ccccc2Cl)CCCCC1=O. The van der Waals surface area contributed by atoms with E-state index in [9.17, 15) is 9.59 Å². The van der Waals surface area contributed by atoms with Gasteiger partial charge in [0.05, 0.1) is 0 Å². The lowest BCUT2D eigenvalue weighted by atomic mass is 9.75. The first-order valence-electron chi connectivity index (χ1n) is 7.54. The van der Waals surface area contributed by atoms with Crippen LogP contribution in [0.2, 0.25) is 5.02 Å². The van der Waals surface area contributed by atoms with E-state index in [1.807, 2.05) is 6.07 Å². The molecule has 1 saturated carbocycles. The van der Waals surface area contributed by atoms with E-state index in [1.165, 1.54) is 0 Å². The van der Waals surface area contributed by atoms with E-state index < -0.39 is 17.2 Å². The number of carbonyl (C=O) groups excluding carboxylic acids is 2. The Kier molecular flexibility index (Phi) is 4.81. The summed E-state index contributed by atoms with van der Waals surface area (Å²) in [7, 11) is 0. The Balaban J connectivity index is 2.37. The van der Waals surface area contributed by atoms with Crippen LogP contribution >= 0.6 is 11.6 Å². The molecule has 0 unspecified atom stereocenters. The minimum Gasteiger partial charge on any atom is -0.444 e. The second-order valence-electron chi connectivity index (χ2n) is 6.64. The molecule has 2 rings (SSSR count). The number of carbonyl (C=O) groups is 2. The van der Waals surface area contributed by atoms with Crippen molar-refractivity contribution in [3.05, 3.63) is 34.9 Å². The lowest BCUT2D eigenvalue weighted by molar-refractivity contribution is -0.128. The van der Waals surface area contributed by atoms with Crippen molar-refractivity contribution in [3.63, 3.8) is 0 Å². The fraction of sp³-hybridized carbons (Fsp3) is 0.529. The zero-order valence-corrected chi connectivity index (χ0v) is 14.0. The summed E-state index contributed by atoms with van der Waals surface area (Å²) in [6.07, 6.45) is 2.06. The van der Waals surface area contributed by atoms with E-state index in [0.29, 0.717) is 23.4 Å². The molecule has 1 aliphatic carbocycles. The van der Waals surface area contributed by atoms with Crippen molar-refractivity contribution in [3.8, 4) is 0 Å². The summed E-state index contributed by atoms with van der Waals surface area (Å²) in [5, 5.41) is 3.28. The zero-order chi connectivity index (χ0) is 16.4. The van der Waals surface area contributed by atoms with Gasteiger partial charge in [0.2, 0.25) is 0 Å². The highest BCUT2D eigenvalue weighted by Gasteiger charge is 2.44. The second kappa shape index (κ2) is 6.29. The topological polar surface area (TPSA) is 55.4 Å². The van der Waals surface area contributed by atoms with Gasteiger partial charge in [-0.25, -0.2) is 4.79 Å². The van der Waals surface area contributed by atoms with E-state index >= 15 is 0 Å². The summed E-state index contributed by atoms with van der Waals surface area (Å²) in [6, 6.07) is 7.15. The molecule has 1 atom stereocenters. The monoisotopic (exact) mass is 323 g/mol. The average molecular weight is 324 g/mol. The summed E-state index contributed by atoms with van der Waals surface area (Å²) >= 11 is 6.28. The number of amides is 1. The molecule has 0 heterocycles. The molecule has 1 amide bonds. The maximum Gasteiger partial charge on any atom is 0.408 e. The van der Waals surface area contributed by atoms with E-state index in [2.05, 4.69) is 5.32 Å². The van der Waals surface area contributed by atoms with Gasteiger partial charge >= 0.3 is 6.09 Å². The Labute approximate surface area is 136 Å². The second-order valence-corrected chi connectivity index (χ2v) is 7.05. The van der Waals surface area contributed by atoms with Crippen molar-refractivity contribution in [1.29, 1.82) is 0 Å². The highest BCUT2D eigenvalue weighted by molar-refractivity contribution is 6.31. The molecule has 0 spiro atoms. The number of alkyl carbamates (subject to hydrolysis) is 1. The normalized spacial score (nSPS) is 22.3. The van der Waals surface area contributed by atoms with Crippen LogP contribution in [0.1, 0.15) is 52.0 Å². The van der Waals surface area contributed by atoms with Gasteiger partial charge in [0.15, 0.2) is 5.78 Å². The first kappa shape index (κ1) is 16.8. The number of ketones is 1. The third-order valence-electron chi connectivity index (χ3n) is 3.73. The Morgan fingerprint density at radius 1 is 1.27 bits per heavy atom. The van der Waals surface area contributed by atoms with Gasteiger partial charge in [-0.05, 0) is 46.1 Å². The van der Waals surface area contributed by atoms with Gasteiger partial charge in [-0.2, -0.15) is 0 Å². The maximum absolute atomic E-state index is 12.6. The van der Waals surface area contributed by atoms with E-state index in [0.717, 1.165) is 12.8 Å². The summed E-state index contributed by atoms with van der Waals surface area (Å²) in [4.78, 5) is 24.9. The van der Waals surface area contributed by atoms with Crippen molar-refractivity contribution >= 4 is 23.5 Å². The molecule has 0 bridgehead atoms. The highest BCUT2D eigenvalue weighted by Crippen LogP contribution is 2.38. The van der Waals surface area contributed by atoms with Crippen LogP contribution in [0, 0.1) is 0 Å². The molecule has 22 heavy (non-hydrogen) atoms. The van der Waals surface area contributed by atoms with Crippen molar-refractivity contribution < 1.29 is 14.3 Å². The Morgan fingerprint density at radius 2 is 1.95 bits per heavy atom. The number of rotatable bonds is 2. The molecular weight excluding hydrogens is 302 g/mol. The Hall–Kier alpha value is -1.55. The fourth-order valence-electron chi connectivity index (χ4n) is 2.80. The molecule has 5 heteroatoms. The number of Topliss-reactive ketones (excluding diaryl/α,β-unsaturated/α-hetero) is 1. The first-order chi connectivity index (χ1) is 10.2. The fourth-order valence-corrected chi connectivity index (χ4v) is 3.10. The summed E-state index contributed by atoms with van der Waals surface area (Å²) in [6.45, 7) is 5.37. The first-order valence-corrected chi connectivity index (χ1v) is 7.92. The Morgan fingerprint density at radius 3 is 2.55 bits per heavy atom. The maximum atomic E-state index is 12.6. The number of halogens is 1. The predicted octanol–water partition coefficient (Wildman–Crippen LogP) is 4.20. The number of ether oxygens (including phenoxy) is 1. The van der Waals surface area contributed by atoms with Crippen molar-refractivity contribution in [2.75, 3.05) is 0 Å². The molecule has 1 N–H and O–H groups in total. The molecule has 1 fully saturated rings. The highest BCUT2D eigenvalue weighted by atomic mass is 35.5. The lowest BCUT2D eigenvalue weighted by Gasteiger charge is -2.37. The minimum absolute atomic E-state index is 0.0160. The number of benzene rings is 1. The van der Waals surface area contributed by atoms with Crippen molar-refractivity contribution in [2.45, 2.75) is 57.6 Å². The molecule has 120 valence electrons. The van der Waals surface area contributed by atoms with Crippen LogP contribution in [0.15, 0.2) is 24.3 Å². The number of hydrogen-bond donors (Lipinski definition) is 1. The van der Waals surface area contributed by atoms with Crippen LogP contribution in [-0.4, -0.2) is 17.5 Å². The van der Waals surface area contributed by atoms with Gasteiger partial charge in [-0.1, -0.05) is 29.8 Å².